The predicted octanol–water partition coefficient (Wildman–Crippen LogP) is 6.84. The number of hydrogen-bond donors (Lipinski definition) is 1. The summed E-state index contributed by atoms with van der Waals surface area (Å²) in [6.45, 7) is 0. The van der Waals surface area contributed by atoms with Crippen LogP contribution >= 0.6 is 11.3 Å². The smallest absolute Gasteiger partial charge is 0.419 e. The Hall–Kier alpha value is -4.25. The van der Waals surface area contributed by atoms with Crippen molar-refractivity contribution in [1.82, 2.24) is 15.0 Å². The highest BCUT2D eigenvalue weighted by Gasteiger charge is 2.35. The number of benzene rings is 2. The molecule has 188 valence electrons. The summed E-state index contributed by atoms with van der Waals surface area (Å²) in [5.74, 6) is -0.506. The van der Waals surface area contributed by atoms with Gasteiger partial charge in [0.05, 0.1) is 35.7 Å². The van der Waals surface area contributed by atoms with E-state index in [0.717, 1.165) is 17.0 Å². The molecule has 0 unspecified atom stereocenters. The Morgan fingerprint density at radius 1 is 0.892 bits per heavy atom. The molecule has 3 heterocycles. The van der Waals surface area contributed by atoms with E-state index in [4.69, 9.17) is 20.2 Å². The lowest BCUT2D eigenvalue weighted by Gasteiger charge is -2.20. The average Bonchev–Trinajstić information content (AvgIpc) is 3.42. The molecule has 0 aliphatic carbocycles. The first-order chi connectivity index (χ1) is 17.7. The molecule has 0 fully saturated rings. The van der Waals surface area contributed by atoms with Crippen LogP contribution in [-0.4, -0.2) is 29.2 Å². The molecule has 5 rings (SSSR count). The minimum absolute atomic E-state index is 0.0184. The van der Waals surface area contributed by atoms with Crippen LogP contribution in [-0.2, 0) is 6.18 Å². The molecular weight excluding hydrogens is 508 g/mol. The number of pyridine rings is 1. The van der Waals surface area contributed by atoms with Crippen molar-refractivity contribution in [3.05, 3.63) is 71.6 Å². The number of nitrogen functional groups attached to an aromatic ring is 1. The fraction of sp³-hybridized carbons (Fsp3) is 0.115. The van der Waals surface area contributed by atoms with Gasteiger partial charge in [-0.05, 0) is 46.8 Å². The number of methoxy groups -OCH3 is 2. The van der Waals surface area contributed by atoms with E-state index in [-0.39, 0.29) is 28.0 Å². The Morgan fingerprint density at radius 2 is 1.62 bits per heavy atom. The van der Waals surface area contributed by atoms with Gasteiger partial charge in [0.25, 0.3) is 0 Å². The molecule has 11 heteroatoms. The monoisotopic (exact) mass is 526 g/mol. The van der Waals surface area contributed by atoms with Crippen LogP contribution in [0, 0.1) is 5.82 Å². The molecule has 37 heavy (non-hydrogen) atoms. The first kappa shape index (κ1) is 24.4. The second kappa shape index (κ2) is 9.32. The molecule has 0 saturated heterocycles. The van der Waals surface area contributed by atoms with Crippen molar-refractivity contribution < 1.29 is 27.0 Å². The normalized spacial score (nSPS) is 11.6. The zero-order valence-corrected chi connectivity index (χ0v) is 20.2. The third kappa shape index (κ3) is 4.31. The summed E-state index contributed by atoms with van der Waals surface area (Å²) in [6, 6.07) is 11.6. The van der Waals surface area contributed by atoms with Gasteiger partial charge in [-0.25, -0.2) is 19.3 Å². The summed E-state index contributed by atoms with van der Waals surface area (Å²) < 4.78 is 66.2. The molecule has 0 spiro atoms. The van der Waals surface area contributed by atoms with Crippen molar-refractivity contribution in [1.29, 1.82) is 0 Å². The van der Waals surface area contributed by atoms with Crippen molar-refractivity contribution in [2.24, 2.45) is 0 Å². The molecule has 0 amide bonds. The number of hydrogen-bond acceptors (Lipinski definition) is 7. The summed E-state index contributed by atoms with van der Waals surface area (Å²) in [5.41, 5.74) is 6.85. The lowest BCUT2D eigenvalue weighted by molar-refractivity contribution is -0.139. The Kier molecular flexibility index (Phi) is 6.16. The minimum atomic E-state index is -4.91. The van der Waals surface area contributed by atoms with Gasteiger partial charge in [0.1, 0.15) is 18.0 Å². The Morgan fingerprint density at radius 3 is 2.30 bits per heavy atom. The number of rotatable bonds is 5. The number of ether oxygens (including phenoxy) is 2. The maximum absolute atomic E-state index is 14.3. The van der Waals surface area contributed by atoms with Crippen LogP contribution in [0.4, 0.5) is 23.4 Å². The lowest BCUT2D eigenvalue weighted by Crippen LogP contribution is -2.08. The third-order valence-corrected chi connectivity index (χ3v) is 6.67. The second-order valence-electron chi connectivity index (χ2n) is 7.91. The van der Waals surface area contributed by atoms with E-state index in [0.29, 0.717) is 28.3 Å². The molecule has 0 bridgehead atoms. The first-order valence-electron chi connectivity index (χ1n) is 10.8. The highest BCUT2D eigenvalue weighted by Crippen LogP contribution is 2.47. The molecule has 0 saturated carbocycles. The van der Waals surface area contributed by atoms with E-state index in [1.807, 2.05) is 17.5 Å². The van der Waals surface area contributed by atoms with Crippen LogP contribution in [0.5, 0.6) is 11.5 Å². The van der Waals surface area contributed by atoms with Crippen LogP contribution in [0.25, 0.3) is 43.9 Å². The molecule has 0 atom stereocenters. The van der Waals surface area contributed by atoms with Crippen molar-refractivity contribution >= 4 is 28.2 Å². The van der Waals surface area contributed by atoms with Crippen molar-refractivity contribution in [2.45, 2.75) is 6.18 Å². The van der Waals surface area contributed by atoms with Gasteiger partial charge in [0.15, 0.2) is 17.1 Å². The van der Waals surface area contributed by atoms with E-state index in [1.54, 1.807) is 18.2 Å². The summed E-state index contributed by atoms with van der Waals surface area (Å²) in [6.07, 6.45) is -3.68. The number of nitrogens with two attached hydrogens (primary N) is 1. The maximum atomic E-state index is 14.3. The minimum Gasteiger partial charge on any atom is -0.493 e. The Balaban J connectivity index is 1.97. The maximum Gasteiger partial charge on any atom is 0.419 e. The molecular formula is C26H18F4N4O2S. The van der Waals surface area contributed by atoms with Gasteiger partial charge in [-0.15, -0.1) is 11.3 Å². The van der Waals surface area contributed by atoms with E-state index in [1.165, 1.54) is 38.0 Å². The molecule has 0 aliphatic heterocycles. The highest BCUT2D eigenvalue weighted by molar-refractivity contribution is 7.13. The quantitative estimate of drug-likeness (QED) is 0.252. The van der Waals surface area contributed by atoms with Crippen LogP contribution in [0.15, 0.2) is 60.2 Å². The van der Waals surface area contributed by atoms with Gasteiger partial charge < -0.3 is 15.2 Å². The Labute approximate surface area is 212 Å². The van der Waals surface area contributed by atoms with Crippen molar-refractivity contribution in [3.8, 4) is 44.3 Å². The van der Waals surface area contributed by atoms with E-state index < -0.39 is 17.6 Å². The van der Waals surface area contributed by atoms with Gasteiger partial charge in [0, 0.05) is 11.1 Å². The van der Waals surface area contributed by atoms with E-state index >= 15 is 0 Å². The number of thiophene rings is 1. The summed E-state index contributed by atoms with van der Waals surface area (Å²) in [7, 11) is 2.97. The molecule has 6 nitrogen and oxygen atoms in total. The average molecular weight is 527 g/mol. The zero-order valence-electron chi connectivity index (χ0n) is 19.4. The standard InChI is InChI=1S/C26H18F4N4O2S/c1-35-17-8-6-14(11-18(17)36-2)21-20(13-5-7-16(27)15(10-13)26(28,29)30)22-24(31)32-12-33-25(22)34-23(21)19-4-3-9-37-19/h3-12H,1-2H3,(H2,31,32,33,34). The fourth-order valence-corrected chi connectivity index (χ4v) is 4.89. The second-order valence-corrected chi connectivity index (χ2v) is 8.86. The van der Waals surface area contributed by atoms with Gasteiger partial charge >= 0.3 is 6.18 Å². The number of nitrogens with zero attached hydrogens (tertiary/aromatic N) is 3. The molecule has 2 aromatic carbocycles. The molecule has 0 aliphatic rings. The fourth-order valence-electron chi connectivity index (χ4n) is 4.17. The summed E-state index contributed by atoms with van der Waals surface area (Å²) in [5, 5.41) is 2.10. The van der Waals surface area contributed by atoms with Gasteiger partial charge in [-0.1, -0.05) is 18.2 Å². The topological polar surface area (TPSA) is 83.2 Å². The third-order valence-electron chi connectivity index (χ3n) is 5.80. The van der Waals surface area contributed by atoms with E-state index in [9.17, 15) is 17.6 Å². The van der Waals surface area contributed by atoms with E-state index in [2.05, 4.69) is 9.97 Å². The first-order valence-corrected chi connectivity index (χ1v) is 11.7. The zero-order chi connectivity index (χ0) is 26.3. The number of anilines is 1. The van der Waals surface area contributed by atoms with Crippen LogP contribution in [0.3, 0.4) is 0 Å². The number of aromatic nitrogens is 3. The van der Waals surface area contributed by atoms with Crippen LogP contribution in [0.2, 0.25) is 0 Å². The van der Waals surface area contributed by atoms with Gasteiger partial charge in [0.2, 0.25) is 0 Å². The SMILES string of the molecule is COc1ccc(-c2c(-c3cccs3)nc3ncnc(N)c3c2-c2ccc(F)c(C(F)(F)F)c2)cc1OC. The molecule has 3 aromatic heterocycles. The summed E-state index contributed by atoms with van der Waals surface area (Å²) in [4.78, 5) is 13.8. The Bertz CT molecular complexity index is 1620. The number of alkyl halides is 3. The molecule has 5 aromatic rings. The van der Waals surface area contributed by atoms with Crippen molar-refractivity contribution in [2.75, 3.05) is 20.0 Å². The molecule has 2 N–H and O–H groups in total. The largest absolute Gasteiger partial charge is 0.493 e. The number of halogens is 4. The lowest BCUT2D eigenvalue weighted by atomic mass is 9.89. The van der Waals surface area contributed by atoms with Crippen molar-refractivity contribution in [3.63, 3.8) is 0 Å². The predicted molar refractivity (Wildman–Crippen MR) is 134 cm³/mol. The van der Waals surface area contributed by atoms with Crippen LogP contribution < -0.4 is 15.2 Å². The van der Waals surface area contributed by atoms with Gasteiger partial charge in [-0.3, -0.25) is 0 Å². The van der Waals surface area contributed by atoms with Gasteiger partial charge in [-0.2, -0.15) is 13.2 Å². The summed E-state index contributed by atoms with van der Waals surface area (Å²) >= 11 is 1.40. The number of fused-ring (bicyclic) bond motifs is 1. The molecule has 0 radical (unpaired) electrons. The highest BCUT2D eigenvalue weighted by atomic mass is 32.1. The van der Waals surface area contributed by atoms with Crippen LogP contribution in [0.1, 0.15) is 5.56 Å².